The molecule has 3 nitrogen and oxygen atoms in total. The van der Waals surface area contributed by atoms with E-state index in [2.05, 4.69) is 6.92 Å². The Labute approximate surface area is 148 Å². The minimum Gasteiger partial charge on any atom is -0.342 e. The van der Waals surface area contributed by atoms with Crippen LogP contribution in [-0.4, -0.2) is 29.9 Å². The Balaban J connectivity index is 1.78. The van der Waals surface area contributed by atoms with Gasteiger partial charge in [0.15, 0.2) is 0 Å². The van der Waals surface area contributed by atoms with Crippen LogP contribution in [0.1, 0.15) is 44.6 Å². The molecule has 1 atom stereocenters. The van der Waals surface area contributed by atoms with Crippen molar-refractivity contribution >= 4 is 29.1 Å². The summed E-state index contributed by atoms with van der Waals surface area (Å²) in [7, 11) is 0. The van der Waals surface area contributed by atoms with Crippen LogP contribution in [-0.2, 0) is 10.2 Å². The van der Waals surface area contributed by atoms with E-state index < -0.39 is 5.41 Å². The Morgan fingerprint density at radius 2 is 1.91 bits per heavy atom. The summed E-state index contributed by atoms with van der Waals surface area (Å²) in [4.78, 5) is 15.2. The molecule has 1 aromatic rings. The predicted octanol–water partition coefficient (Wildman–Crippen LogP) is 4.00. The van der Waals surface area contributed by atoms with E-state index in [9.17, 15) is 4.79 Å². The first-order valence-electron chi connectivity index (χ1n) is 8.44. The highest BCUT2D eigenvalue weighted by Gasteiger charge is 2.48. The molecule has 1 aromatic carbocycles. The highest BCUT2D eigenvalue weighted by molar-refractivity contribution is 6.42. The number of carbonyl (C=O) groups is 1. The number of halogens is 2. The standard InChI is InChI=1S/C18H24Cl2N2O/c1-12(21)13-5-9-22(10-6-13)17(23)18(7-2-8-18)14-3-4-15(19)16(20)11-14/h3-4,11-13H,2,5-10,21H2,1H3. The molecular formula is C18H24Cl2N2O. The third-order valence-corrected chi connectivity index (χ3v) is 6.40. The lowest BCUT2D eigenvalue weighted by atomic mass is 9.63. The van der Waals surface area contributed by atoms with Crippen molar-refractivity contribution in [2.24, 2.45) is 11.7 Å². The molecule has 126 valence electrons. The van der Waals surface area contributed by atoms with E-state index in [1.54, 1.807) is 6.07 Å². The van der Waals surface area contributed by atoms with Crippen molar-refractivity contribution < 1.29 is 4.79 Å². The van der Waals surface area contributed by atoms with Crippen LogP contribution < -0.4 is 5.73 Å². The summed E-state index contributed by atoms with van der Waals surface area (Å²) in [5, 5.41) is 1.06. The first-order chi connectivity index (χ1) is 10.9. The molecule has 0 spiro atoms. The third-order valence-electron chi connectivity index (χ3n) is 5.66. The molecule has 1 amide bonds. The molecular weight excluding hydrogens is 331 g/mol. The fourth-order valence-electron chi connectivity index (χ4n) is 3.88. The van der Waals surface area contributed by atoms with Crippen molar-refractivity contribution in [1.82, 2.24) is 4.90 Å². The molecule has 2 fully saturated rings. The van der Waals surface area contributed by atoms with Crippen LogP contribution in [0, 0.1) is 5.92 Å². The highest BCUT2D eigenvalue weighted by Crippen LogP contribution is 2.46. The number of piperidine rings is 1. The second-order valence-corrected chi connectivity index (χ2v) is 7.87. The van der Waals surface area contributed by atoms with E-state index >= 15 is 0 Å². The van der Waals surface area contributed by atoms with Gasteiger partial charge in [-0.1, -0.05) is 35.7 Å². The van der Waals surface area contributed by atoms with Crippen molar-refractivity contribution in [3.05, 3.63) is 33.8 Å². The molecule has 2 N–H and O–H groups in total. The van der Waals surface area contributed by atoms with Crippen molar-refractivity contribution in [3.63, 3.8) is 0 Å². The number of amides is 1. The zero-order valence-electron chi connectivity index (χ0n) is 13.5. The van der Waals surface area contributed by atoms with Crippen LogP contribution in [0.25, 0.3) is 0 Å². The molecule has 5 heteroatoms. The lowest BCUT2D eigenvalue weighted by Crippen LogP contribution is -2.53. The van der Waals surface area contributed by atoms with E-state index in [1.807, 2.05) is 17.0 Å². The molecule has 1 saturated heterocycles. The summed E-state index contributed by atoms with van der Waals surface area (Å²) < 4.78 is 0. The maximum atomic E-state index is 13.2. The Morgan fingerprint density at radius 3 is 2.39 bits per heavy atom. The molecule has 23 heavy (non-hydrogen) atoms. The van der Waals surface area contributed by atoms with Gasteiger partial charge in [0.2, 0.25) is 5.91 Å². The molecule has 1 aliphatic carbocycles. The molecule has 1 heterocycles. The third kappa shape index (κ3) is 3.11. The van der Waals surface area contributed by atoms with Crippen molar-refractivity contribution in [3.8, 4) is 0 Å². The van der Waals surface area contributed by atoms with Gasteiger partial charge in [0.25, 0.3) is 0 Å². The Kier molecular flexibility index (Phi) is 4.91. The summed E-state index contributed by atoms with van der Waals surface area (Å²) in [6.07, 6.45) is 4.89. The Hall–Kier alpha value is -0.770. The molecule has 0 aromatic heterocycles. The molecule has 2 aliphatic rings. The largest absolute Gasteiger partial charge is 0.342 e. The normalized spacial score (nSPS) is 22.5. The van der Waals surface area contributed by atoms with Crippen LogP contribution in [0.15, 0.2) is 18.2 Å². The van der Waals surface area contributed by atoms with Gasteiger partial charge in [-0.25, -0.2) is 0 Å². The summed E-state index contributed by atoms with van der Waals surface area (Å²) in [6, 6.07) is 5.84. The fourth-order valence-corrected chi connectivity index (χ4v) is 4.18. The van der Waals surface area contributed by atoms with Gasteiger partial charge in [-0.2, -0.15) is 0 Å². The number of hydrogen-bond acceptors (Lipinski definition) is 2. The smallest absolute Gasteiger partial charge is 0.233 e. The van der Waals surface area contributed by atoms with Gasteiger partial charge < -0.3 is 10.6 Å². The second-order valence-electron chi connectivity index (χ2n) is 7.05. The molecule has 1 saturated carbocycles. The lowest BCUT2D eigenvalue weighted by Gasteiger charge is -2.46. The quantitative estimate of drug-likeness (QED) is 0.891. The minimum atomic E-state index is -0.393. The summed E-state index contributed by atoms with van der Waals surface area (Å²) in [6.45, 7) is 3.69. The van der Waals surface area contributed by atoms with Crippen LogP contribution in [0.2, 0.25) is 10.0 Å². The Morgan fingerprint density at radius 1 is 1.26 bits per heavy atom. The number of carbonyl (C=O) groups excluding carboxylic acids is 1. The number of rotatable bonds is 3. The van der Waals surface area contributed by atoms with Gasteiger partial charge in [-0.3, -0.25) is 4.79 Å². The maximum Gasteiger partial charge on any atom is 0.233 e. The van der Waals surface area contributed by atoms with Gasteiger partial charge in [0.1, 0.15) is 0 Å². The summed E-state index contributed by atoms with van der Waals surface area (Å²) >= 11 is 12.2. The van der Waals surface area contributed by atoms with Crippen LogP contribution >= 0.6 is 23.2 Å². The van der Waals surface area contributed by atoms with Crippen molar-refractivity contribution in [2.45, 2.75) is 50.5 Å². The fraction of sp³-hybridized carbons (Fsp3) is 0.611. The lowest BCUT2D eigenvalue weighted by molar-refractivity contribution is -0.142. The SMILES string of the molecule is CC(N)C1CCN(C(=O)C2(c3ccc(Cl)c(Cl)c3)CCC2)CC1. The highest BCUT2D eigenvalue weighted by atomic mass is 35.5. The van der Waals surface area contributed by atoms with Gasteiger partial charge in [0.05, 0.1) is 15.5 Å². The van der Waals surface area contributed by atoms with Crippen LogP contribution in [0.4, 0.5) is 0 Å². The summed E-state index contributed by atoms with van der Waals surface area (Å²) in [5.41, 5.74) is 6.62. The maximum absolute atomic E-state index is 13.2. The first kappa shape index (κ1) is 17.1. The van der Waals surface area contributed by atoms with Gasteiger partial charge in [-0.15, -0.1) is 0 Å². The molecule has 1 aliphatic heterocycles. The van der Waals surface area contributed by atoms with E-state index in [0.29, 0.717) is 16.0 Å². The number of likely N-dealkylation sites (tertiary alicyclic amines) is 1. The molecule has 1 unspecified atom stereocenters. The first-order valence-corrected chi connectivity index (χ1v) is 9.20. The number of benzene rings is 1. The minimum absolute atomic E-state index is 0.208. The van der Waals surface area contributed by atoms with E-state index in [1.165, 1.54) is 0 Å². The van der Waals surface area contributed by atoms with Gasteiger partial charge in [0, 0.05) is 19.1 Å². The van der Waals surface area contributed by atoms with Gasteiger partial charge >= 0.3 is 0 Å². The topological polar surface area (TPSA) is 46.3 Å². The van der Waals surface area contributed by atoms with E-state index in [0.717, 1.165) is 50.8 Å². The van der Waals surface area contributed by atoms with Crippen molar-refractivity contribution in [2.75, 3.05) is 13.1 Å². The summed E-state index contributed by atoms with van der Waals surface area (Å²) in [5.74, 6) is 0.784. The average molecular weight is 355 g/mol. The van der Waals surface area contributed by atoms with Crippen molar-refractivity contribution in [1.29, 1.82) is 0 Å². The van der Waals surface area contributed by atoms with Crippen LogP contribution in [0.3, 0.4) is 0 Å². The monoisotopic (exact) mass is 354 g/mol. The van der Waals surface area contributed by atoms with E-state index in [4.69, 9.17) is 28.9 Å². The average Bonchev–Trinajstić information content (AvgIpc) is 2.49. The van der Waals surface area contributed by atoms with Crippen LogP contribution in [0.5, 0.6) is 0 Å². The predicted molar refractivity (Wildman–Crippen MR) is 94.9 cm³/mol. The Bertz CT molecular complexity index is 591. The molecule has 3 rings (SSSR count). The number of nitrogens with zero attached hydrogens (tertiary/aromatic N) is 1. The number of nitrogens with two attached hydrogens (primary N) is 1. The molecule has 0 radical (unpaired) electrons. The zero-order chi connectivity index (χ0) is 16.6. The number of hydrogen-bond donors (Lipinski definition) is 1. The van der Waals surface area contributed by atoms with Gasteiger partial charge in [-0.05, 0) is 56.2 Å². The van der Waals surface area contributed by atoms with E-state index in [-0.39, 0.29) is 11.9 Å². The molecule has 0 bridgehead atoms. The zero-order valence-corrected chi connectivity index (χ0v) is 15.0. The second kappa shape index (κ2) is 6.62.